The van der Waals surface area contributed by atoms with E-state index in [2.05, 4.69) is 11.8 Å². The highest BCUT2D eigenvalue weighted by molar-refractivity contribution is 6.39. The second-order valence-corrected chi connectivity index (χ2v) is 4.29. The molecule has 0 amide bonds. The Labute approximate surface area is 107 Å². The van der Waals surface area contributed by atoms with Gasteiger partial charge in [0, 0.05) is 17.0 Å². The predicted molar refractivity (Wildman–Crippen MR) is 69.3 cm³/mol. The van der Waals surface area contributed by atoms with E-state index in [1.54, 1.807) is 18.2 Å². The van der Waals surface area contributed by atoms with Gasteiger partial charge in [0.05, 0.1) is 10.5 Å². The number of benzene rings is 1. The summed E-state index contributed by atoms with van der Waals surface area (Å²) >= 11 is 11.9. The van der Waals surface area contributed by atoms with Crippen molar-refractivity contribution in [3.63, 3.8) is 0 Å². The zero-order valence-electron chi connectivity index (χ0n) is 8.65. The lowest BCUT2D eigenvalue weighted by Crippen LogP contribution is -1.93. The first kappa shape index (κ1) is 12.0. The quantitative estimate of drug-likeness (QED) is 0.670. The van der Waals surface area contributed by atoms with Gasteiger partial charge in [-0.25, -0.2) is 0 Å². The second kappa shape index (κ2) is 4.39. The van der Waals surface area contributed by atoms with E-state index in [-0.39, 0.29) is 11.6 Å². The summed E-state index contributed by atoms with van der Waals surface area (Å²) in [6, 6.07) is 3.08. The molecule has 0 spiro atoms. The van der Waals surface area contributed by atoms with Crippen molar-refractivity contribution >= 4 is 39.8 Å². The number of halogens is 2. The van der Waals surface area contributed by atoms with Crippen LogP contribution < -0.4 is 0 Å². The molecule has 2 aromatic rings. The maximum Gasteiger partial charge on any atom is 0.222 e. The summed E-state index contributed by atoms with van der Waals surface area (Å²) < 4.78 is 1.46. The lowest BCUT2D eigenvalue weighted by Gasteiger charge is -2.04. The molecule has 1 heterocycles. The Kier molecular flexibility index (Phi) is 3.09. The molecular weight excluding hydrogens is 263 g/mol. The van der Waals surface area contributed by atoms with Crippen molar-refractivity contribution in [3.8, 4) is 5.88 Å². The third kappa shape index (κ3) is 1.79. The summed E-state index contributed by atoms with van der Waals surface area (Å²) in [6.45, 7) is 3.90. The van der Waals surface area contributed by atoms with Crippen molar-refractivity contribution in [1.29, 1.82) is 0 Å². The maximum atomic E-state index is 10.7. The third-order valence-corrected chi connectivity index (χ3v) is 2.93. The summed E-state index contributed by atoms with van der Waals surface area (Å²) in [7, 11) is 0. The van der Waals surface area contributed by atoms with E-state index in [0.717, 1.165) is 0 Å². The molecule has 0 aliphatic heterocycles. The minimum Gasteiger partial charge on any atom is -0.493 e. The molecule has 0 aliphatic rings. The van der Waals surface area contributed by atoms with Gasteiger partial charge in [0.15, 0.2) is 5.69 Å². The van der Waals surface area contributed by atoms with Crippen LogP contribution in [0, 0.1) is 4.91 Å². The molecule has 0 unspecified atom stereocenters. The summed E-state index contributed by atoms with van der Waals surface area (Å²) in [6.07, 6.45) is 1.58. The first-order valence-corrected chi connectivity index (χ1v) is 5.50. The molecule has 0 fully saturated rings. The SMILES string of the molecule is C=CCn1c(O)c(N=O)c2cc(Cl)cc(Cl)c21. The molecular formula is C11H8Cl2N2O2. The number of nitrogens with zero attached hydrogens (tertiary/aromatic N) is 2. The van der Waals surface area contributed by atoms with Crippen molar-refractivity contribution in [2.45, 2.75) is 6.54 Å². The monoisotopic (exact) mass is 270 g/mol. The van der Waals surface area contributed by atoms with Crippen molar-refractivity contribution in [1.82, 2.24) is 4.57 Å². The smallest absolute Gasteiger partial charge is 0.222 e. The zero-order chi connectivity index (χ0) is 12.6. The standard InChI is InChI=1S/C11H8Cl2N2O2/c1-2-3-15-10-7(9(14-17)11(15)16)4-6(12)5-8(10)13/h2,4-5,16H,1,3H2. The molecule has 4 nitrogen and oxygen atoms in total. The molecule has 6 heteroatoms. The van der Waals surface area contributed by atoms with Crippen LogP contribution in [0.3, 0.4) is 0 Å². The third-order valence-electron chi connectivity index (χ3n) is 2.42. The summed E-state index contributed by atoms with van der Waals surface area (Å²) in [5.74, 6) is -0.237. The number of hydrogen-bond donors (Lipinski definition) is 1. The molecule has 0 atom stereocenters. The molecule has 0 radical (unpaired) electrons. The predicted octanol–water partition coefficient (Wildman–Crippen LogP) is 4.24. The maximum absolute atomic E-state index is 10.7. The molecule has 0 aliphatic carbocycles. The van der Waals surface area contributed by atoms with Crippen LogP contribution in [0.15, 0.2) is 30.0 Å². The van der Waals surface area contributed by atoms with Gasteiger partial charge in [0.25, 0.3) is 0 Å². The van der Waals surface area contributed by atoms with Crippen LogP contribution in [0.1, 0.15) is 0 Å². The first-order valence-electron chi connectivity index (χ1n) is 4.74. The normalized spacial score (nSPS) is 10.7. The van der Waals surface area contributed by atoms with Gasteiger partial charge in [-0.2, -0.15) is 0 Å². The van der Waals surface area contributed by atoms with E-state index < -0.39 is 0 Å². The van der Waals surface area contributed by atoms with Crippen molar-refractivity contribution in [3.05, 3.63) is 39.7 Å². The highest BCUT2D eigenvalue weighted by atomic mass is 35.5. The Hall–Kier alpha value is -1.52. The van der Waals surface area contributed by atoms with Crippen molar-refractivity contribution in [2.24, 2.45) is 5.18 Å². The summed E-state index contributed by atoms with van der Waals surface area (Å²) in [4.78, 5) is 10.7. The highest BCUT2D eigenvalue weighted by Gasteiger charge is 2.19. The largest absolute Gasteiger partial charge is 0.493 e. The molecule has 88 valence electrons. The lowest BCUT2D eigenvalue weighted by molar-refractivity contribution is 0.431. The van der Waals surface area contributed by atoms with E-state index in [1.807, 2.05) is 0 Å². The lowest BCUT2D eigenvalue weighted by atomic mass is 10.2. The Morgan fingerprint density at radius 3 is 2.76 bits per heavy atom. The first-order chi connectivity index (χ1) is 8.10. The fourth-order valence-corrected chi connectivity index (χ4v) is 2.37. The molecule has 0 saturated heterocycles. The fourth-order valence-electron chi connectivity index (χ4n) is 1.77. The van der Waals surface area contributed by atoms with Crippen LogP contribution in [0.25, 0.3) is 10.9 Å². The average Bonchev–Trinajstić information content (AvgIpc) is 2.52. The zero-order valence-corrected chi connectivity index (χ0v) is 10.2. The summed E-state index contributed by atoms with van der Waals surface area (Å²) in [5, 5.41) is 13.8. The van der Waals surface area contributed by atoms with Gasteiger partial charge in [0.1, 0.15) is 0 Å². The van der Waals surface area contributed by atoms with Crippen LogP contribution >= 0.6 is 23.2 Å². The molecule has 1 aromatic carbocycles. The van der Waals surface area contributed by atoms with Crippen LogP contribution in [0.2, 0.25) is 10.0 Å². The summed E-state index contributed by atoms with van der Waals surface area (Å²) in [5.41, 5.74) is 0.453. The fraction of sp³-hybridized carbons (Fsp3) is 0.0909. The molecule has 17 heavy (non-hydrogen) atoms. The molecule has 0 saturated carbocycles. The minimum atomic E-state index is -0.237. The van der Waals surface area contributed by atoms with E-state index in [1.165, 1.54) is 4.57 Å². The van der Waals surface area contributed by atoms with Gasteiger partial charge in [0.2, 0.25) is 5.88 Å². The van der Waals surface area contributed by atoms with Crippen LogP contribution in [-0.2, 0) is 6.54 Å². The van der Waals surface area contributed by atoms with Gasteiger partial charge < -0.3 is 9.67 Å². The van der Waals surface area contributed by atoms with Gasteiger partial charge in [-0.05, 0) is 17.3 Å². The number of rotatable bonds is 3. The number of nitroso groups, excluding NO2 is 1. The Morgan fingerprint density at radius 1 is 1.47 bits per heavy atom. The number of hydrogen-bond acceptors (Lipinski definition) is 3. The Balaban J connectivity index is 2.94. The molecule has 1 aromatic heterocycles. The Bertz CT molecular complexity index is 620. The number of aromatic hydroxyl groups is 1. The molecule has 2 rings (SSSR count). The molecule has 0 bridgehead atoms. The van der Waals surface area contributed by atoms with Gasteiger partial charge in [-0.15, -0.1) is 11.5 Å². The number of fused-ring (bicyclic) bond motifs is 1. The van der Waals surface area contributed by atoms with Gasteiger partial charge >= 0.3 is 0 Å². The Morgan fingerprint density at radius 2 is 2.18 bits per heavy atom. The highest BCUT2D eigenvalue weighted by Crippen LogP contribution is 2.42. The topological polar surface area (TPSA) is 54.6 Å². The van der Waals surface area contributed by atoms with E-state index in [0.29, 0.717) is 27.5 Å². The number of aromatic nitrogens is 1. The second-order valence-electron chi connectivity index (χ2n) is 3.45. The van der Waals surface area contributed by atoms with Gasteiger partial charge in [-0.1, -0.05) is 29.3 Å². The van der Waals surface area contributed by atoms with Gasteiger partial charge in [-0.3, -0.25) is 0 Å². The van der Waals surface area contributed by atoms with E-state index in [4.69, 9.17) is 23.2 Å². The van der Waals surface area contributed by atoms with Crippen molar-refractivity contribution in [2.75, 3.05) is 0 Å². The van der Waals surface area contributed by atoms with Crippen LogP contribution in [-0.4, -0.2) is 9.67 Å². The van der Waals surface area contributed by atoms with E-state index >= 15 is 0 Å². The minimum absolute atomic E-state index is 0.0637. The van der Waals surface area contributed by atoms with Crippen LogP contribution in [0.4, 0.5) is 5.69 Å². The molecule has 1 N–H and O–H groups in total. The van der Waals surface area contributed by atoms with E-state index in [9.17, 15) is 10.0 Å². The van der Waals surface area contributed by atoms with Crippen molar-refractivity contribution < 1.29 is 5.11 Å². The average molecular weight is 271 g/mol. The van der Waals surface area contributed by atoms with Crippen LogP contribution in [0.5, 0.6) is 5.88 Å². The number of allylic oxidation sites excluding steroid dienone is 1.